The third kappa shape index (κ3) is 3.34. The van der Waals surface area contributed by atoms with Gasteiger partial charge < -0.3 is 10.8 Å². The summed E-state index contributed by atoms with van der Waals surface area (Å²) in [6, 6.07) is 2.18. The van der Waals surface area contributed by atoms with Crippen LogP contribution in [-0.2, 0) is 11.0 Å². The number of alkyl halides is 3. The van der Waals surface area contributed by atoms with Crippen molar-refractivity contribution in [2.75, 3.05) is 0 Å². The molecule has 0 aromatic heterocycles. The van der Waals surface area contributed by atoms with Gasteiger partial charge in [0.15, 0.2) is 0 Å². The lowest BCUT2D eigenvalue weighted by molar-refractivity contribution is -0.137. The quantitative estimate of drug-likeness (QED) is 0.885. The molecular weight excluding hydrogens is 259 g/mol. The average Bonchev–Trinajstić information content (AvgIpc) is 2.14. The molecule has 0 aliphatic heterocycles. The number of carboxylic acids is 1. The van der Waals surface area contributed by atoms with Crippen LogP contribution in [0.4, 0.5) is 13.2 Å². The van der Waals surface area contributed by atoms with Crippen LogP contribution < -0.4 is 5.73 Å². The lowest BCUT2D eigenvalue weighted by Gasteiger charge is -2.15. The number of hydrogen-bond donors (Lipinski definition) is 2. The summed E-state index contributed by atoms with van der Waals surface area (Å²) in [7, 11) is 0. The summed E-state index contributed by atoms with van der Waals surface area (Å²) in [6.07, 6.45) is -5.07. The van der Waals surface area contributed by atoms with Gasteiger partial charge in [-0.05, 0) is 11.6 Å². The van der Waals surface area contributed by atoms with E-state index in [0.717, 1.165) is 12.1 Å². The molecule has 0 fully saturated rings. The first-order chi connectivity index (χ1) is 7.73. The first-order valence-electron chi connectivity index (χ1n) is 4.56. The van der Waals surface area contributed by atoms with Gasteiger partial charge in [0, 0.05) is 6.04 Å². The van der Waals surface area contributed by atoms with Crippen molar-refractivity contribution in [3.05, 3.63) is 34.3 Å². The molecule has 0 saturated heterocycles. The van der Waals surface area contributed by atoms with E-state index >= 15 is 0 Å². The number of nitrogens with two attached hydrogens (primary N) is 1. The van der Waals surface area contributed by atoms with Gasteiger partial charge >= 0.3 is 12.1 Å². The molecule has 0 spiro atoms. The summed E-state index contributed by atoms with van der Waals surface area (Å²) < 4.78 is 37.5. The predicted molar refractivity (Wildman–Crippen MR) is 55.6 cm³/mol. The Labute approximate surface area is 100.0 Å². The SMILES string of the molecule is NC(CC(=O)O)c1cccc(C(F)(F)F)c1Cl. The van der Waals surface area contributed by atoms with Crippen molar-refractivity contribution >= 4 is 17.6 Å². The zero-order valence-corrected chi connectivity index (χ0v) is 9.22. The van der Waals surface area contributed by atoms with Gasteiger partial charge in [0.05, 0.1) is 17.0 Å². The first-order valence-corrected chi connectivity index (χ1v) is 4.94. The molecule has 94 valence electrons. The second kappa shape index (κ2) is 4.93. The third-order valence-electron chi connectivity index (χ3n) is 2.13. The average molecular weight is 268 g/mol. The topological polar surface area (TPSA) is 63.3 Å². The molecule has 1 rings (SSSR count). The molecule has 0 aliphatic carbocycles. The zero-order valence-electron chi connectivity index (χ0n) is 8.46. The number of halogens is 4. The van der Waals surface area contributed by atoms with Gasteiger partial charge in [0.25, 0.3) is 0 Å². The second-order valence-corrected chi connectivity index (χ2v) is 3.79. The largest absolute Gasteiger partial charge is 0.481 e. The van der Waals surface area contributed by atoms with E-state index in [1.54, 1.807) is 0 Å². The fraction of sp³-hybridized carbons (Fsp3) is 0.300. The van der Waals surface area contributed by atoms with Crippen molar-refractivity contribution in [1.29, 1.82) is 0 Å². The summed E-state index contributed by atoms with van der Waals surface area (Å²) in [5.74, 6) is -1.20. The van der Waals surface area contributed by atoms with Gasteiger partial charge in [-0.2, -0.15) is 13.2 Å². The number of hydrogen-bond acceptors (Lipinski definition) is 2. The van der Waals surface area contributed by atoms with Crippen LogP contribution in [0, 0.1) is 0 Å². The maximum absolute atomic E-state index is 12.5. The summed E-state index contributed by atoms with van der Waals surface area (Å²) in [6.45, 7) is 0. The molecule has 3 N–H and O–H groups in total. The van der Waals surface area contributed by atoms with Gasteiger partial charge in [-0.1, -0.05) is 23.7 Å². The molecule has 1 aromatic rings. The van der Waals surface area contributed by atoms with Crippen molar-refractivity contribution in [3.8, 4) is 0 Å². The highest BCUT2D eigenvalue weighted by molar-refractivity contribution is 6.32. The maximum Gasteiger partial charge on any atom is 0.417 e. The Morgan fingerprint density at radius 1 is 1.47 bits per heavy atom. The standard InChI is InChI=1S/C10H9ClF3NO2/c11-9-5(7(15)4-8(16)17)2-1-3-6(9)10(12,13)14/h1-3,7H,4,15H2,(H,16,17). The van der Waals surface area contributed by atoms with Crippen molar-refractivity contribution in [3.63, 3.8) is 0 Å². The Balaban J connectivity index is 3.15. The molecular formula is C10H9ClF3NO2. The minimum Gasteiger partial charge on any atom is -0.481 e. The van der Waals surface area contributed by atoms with E-state index in [-0.39, 0.29) is 5.56 Å². The van der Waals surface area contributed by atoms with Crippen molar-refractivity contribution in [2.45, 2.75) is 18.6 Å². The van der Waals surface area contributed by atoms with Crippen molar-refractivity contribution in [2.24, 2.45) is 5.73 Å². The van der Waals surface area contributed by atoms with Crippen LogP contribution in [0.1, 0.15) is 23.6 Å². The van der Waals surface area contributed by atoms with Crippen LogP contribution in [0.2, 0.25) is 5.02 Å². The number of aliphatic carboxylic acids is 1. The summed E-state index contributed by atoms with van der Waals surface area (Å²) in [5, 5.41) is 7.97. The second-order valence-electron chi connectivity index (χ2n) is 3.41. The lowest BCUT2D eigenvalue weighted by atomic mass is 10.0. The Kier molecular flexibility index (Phi) is 4.00. The van der Waals surface area contributed by atoms with Gasteiger partial charge in [0.1, 0.15) is 0 Å². The van der Waals surface area contributed by atoms with Gasteiger partial charge in [0.2, 0.25) is 0 Å². The summed E-state index contributed by atoms with van der Waals surface area (Å²) >= 11 is 5.58. The minimum absolute atomic E-state index is 0.0242. The summed E-state index contributed by atoms with van der Waals surface area (Å²) in [5.41, 5.74) is 4.44. The molecule has 0 bridgehead atoms. The van der Waals surface area contributed by atoms with Crippen molar-refractivity contribution in [1.82, 2.24) is 0 Å². The Bertz CT molecular complexity index is 434. The fourth-order valence-electron chi connectivity index (χ4n) is 1.35. The van der Waals surface area contributed by atoms with E-state index < -0.39 is 35.2 Å². The molecule has 0 saturated carbocycles. The molecule has 1 unspecified atom stereocenters. The fourth-order valence-corrected chi connectivity index (χ4v) is 1.73. The molecule has 1 atom stereocenters. The number of benzene rings is 1. The number of carbonyl (C=O) groups is 1. The molecule has 7 heteroatoms. The van der Waals surface area contributed by atoms with Crippen LogP contribution in [0.5, 0.6) is 0 Å². The summed E-state index contributed by atoms with van der Waals surface area (Å²) in [4.78, 5) is 10.4. The molecule has 0 amide bonds. The minimum atomic E-state index is -4.59. The molecule has 17 heavy (non-hydrogen) atoms. The molecule has 1 aromatic carbocycles. The van der Waals surface area contributed by atoms with Gasteiger partial charge in [-0.25, -0.2) is 0 Å². The smallest absolute Gasteiger partial charge is 0.417 e. The van der Waals surface area contributed by atoms with E-state index in [1.807, 2.05) is 0 Å². The van der Waals surface area contributed by atoms with Crippen LogP contribution in [0.15, 0.2) is 18.2 Å². The van der Waals surface area contributed by atoms with Crippen molar-refractivity contribution < 1.29 is 23.1 Å². The highest BCUT2D eigenvalue weighted by Gasteiger charge is 2.34. The maximum atomic E-state index is 12.5. The molecule has 3 nitrogen and oxygen atoms in total. The molecule has 0 heterocycles. The Hall–Kier alpha value is -1.27. The normalized spacial score (nSPS) is 13.5. The van der Waals surface area contributed by atoms with E-state index in [9.17, 15) is 18.0 Å². The predicted octanol–water partition coefficient (Wildman–Crippen LogP) is 2.83. The first kappa shape index (κ1) is 13.8. The monoisotopic (exact) mass is 267 g/mol. The van der Waals surface area contributed by atoms with E-state index in [4.69, 9.17) is 22.4 Å². The highest BCUT2D eigenvalue weighted by Crippen LogP contribution is 2.37. The lowest BCUT2D eigenvalue weighted by Crippen LogP contribution is -2.17. The van der Waals surface area contributed by atoms with E-state index in [2.05, 4.69) is 0 Å². The van der Waals surface area contributed by atoms with Crippen LogP contribution in [0.25, 0.3) is 0 Å². The third-order valence-corrected chi connectivity index (χ3v) is 2.55. The number of carboxylic acid groups (broad SMARTS) is 1. The number of rotatable bonds is 3. The Morgan fingerprint density at radius 2 is 2.06 bits per heavy atom. The van der Waals surface area contributed by atoms with Gasteiger partial charge in [-0.15, -0.1) is 0 Å². The highest BCUT2D eigenvalue weighted by atomic mass is 35.5. The zero-order chi connectivity index (χ0) is 13.2. The van der Waals surface area contributed by atoms with Crippen LogP contribution in [0.3, 0.4) is 0 Å². The van der Waals surface area contributed by atoms with Gasteiger partial charge in [-0.3, -0.25) is 4.79 Å². The molecule has 0 radical (unpaired) electrons. The van der Waals surface area contributed by atoms with Crippen LogP contribution in [-0.4, -0.2) is 11.1 Å². The van der Waals surface area contributed by atoms with E-state index in [0.29, 0.717) is 0 Å². The molecule has 0 aliphatic rings. The van der Waals surface area contributed by atoms with Crippen LogP contribution >= 0.6 is 11.6 Å². The van der Waals surface area contributed by atoms with E-state index in [1.165, 1.54) is 6.07 Å². The Morgan fingerprint density at radius 3 is 2.53 bits per heavy atom.